The van der Waals surface area contributed by atoms with Crippen LogP contribution in [0.25, 0.3) is 0 Å². The number of benzene rings is 2. The van der Waals surface area contributed by atoms with Crippen LogP contribution in [0, 0.1) is 13.8 Å². The van der Waals surface area contributed by atoms with E-state index in [0.717, 1.165) is 18.8 Å². The van der Waals surface area contributed by atoms with Gasteiger partial charge in [-0.25, -0.2) is 0 Å². The lowest BCUT2D eigenvalue weighted by Crippen LogP contribution is -2.17. The van der Waals surface area contributed by atoms with Gasteiger partial charge in [-0.15, -0.1) is 0 Å². The summed E-state index contributed by atoms with van der Waals surface area (Å²) in [6.07, 6.45) is 0. The zero-order valence-electron chi connectivity index (χ0n) is 12.9. The minimum absolute atomic E-state index is 0.969. The number of nitrogens with one attached hydrogen (secondary N) is 1. The van der Waals surface area contributed by atoms with E-state index >= 15 is 0 Å². The van der Waals surface area contributed by atoms with Gasteiger partial charge in [-0.05, 0) is 55.3 Å². The second-order valence-electron chi connectivity index (χ2n) is 5.54. The fraction of sp³-hybridized carbons (Fsp3) is 0.333. The summed E-state index contributed by atoms with van der Waals surface area (Å²) in [4.78, 5) is 2.35. The van der Waals surface area contributed by atoms with Crippen LogP contribution in [-0.2, 0) is 13.1 Å². The average molecular weight is 268 g/mol. The Bertz CT molecular complexity index is 558. The fourth-order valence-electron chi connectivity index (χ4n) is 2.36. The third kappa shape index (κ3) is 3.84. The van der Waals surface area contributed by atoms with Crippen LogP contribution in [0.4, 0.5) is 5.69 Å². The SMILES string of the molecule is CNc1ccc(CN(C)Cc2ccc(C)c(C)c2)cc1. The summed E-state index contributed by atoms with van der Waals surface area (Å²) in [5, 5.41) is 3.15. The van der Waals surface area contributed by atoms with Crippen LogP contribution in [0.3, 0.4) is 0 Å². The Morgan fingerprint density at radius 3 is 2.05 bits per heavy atom. The minimum Gasteiger partial charge on any atom is -0.388 e. The first-order chi connectivity index (χ1) is 9.58. The van der Waals surface area contributed by atoms with Crippen molar-refractivity contribution in [2.24, 2.45) is 0 Å². The van der Waals surface area contributed by atoms with Crippen molar-refractivity contribution in [3.05, 3.63) is 64.7 Å². The maximum Gasteiger partial charge on any atom is 0.0337 e. The van der Waals surface area contributed by atoms with Crippen molar-refractivity contribution in [3.8, 4) is 0 Å². The Labute approximate surface area is 122 Å². The van der Waals surface area contributed by atoms with E-state index < -0.39 is 0 Å². The van der Waals surface area contributed by atoms with Crippen molar-refractivity contribution in [2.75, 3.05) is 19.4 Å². The average Bonchev–Trinajstić information content (AvgIpc) is 2.44. The highest BCUT2D eigenvalue weighted by molar-refractivity contribution is 5.43. The van der Waals surface area contributed by atoms with Gasteiger partial charge < -0.3 is 5.32 Å². The number of nitrogens with zero attached hydrogens (tertiary/aromatic N) is 1. The lowest BCUT2D eigenvalue weighted by molar-refractivity contribution is 0.319. The molecule has 0 aromatic heterocycles. The lowest BCUT2D eigenvalue weighted by Gasteiger charge is -2.17. The minimum atomic E-state index is 0.969. The van der Waals surface area contributed by atoms with Crippen LogP contribution in [0.2, 0.25) is 0 Å². The topological polar surface area (TPSA) is 15.3 Å². The summed E-state index contributed by atoms with van der Waals surface area (Å²) in [5.41, 5.74) is 6.61. The second kappa shape index (κ2) is 6.58. The molecule has 0 bridgehead atoms. The molecule has 20 heavy (non-hydrogen) atoms. The van der Waals surface area contributed by atoms with E-state index in [2.05, 4.69) is 73.6 Å². The zero-order chi connectivity index (χ0) is 14.5. The molecule has 0 saturated carbocycles. The normalized spacial score (nSPS) is 10.8. The fourth-order valence-corrected chi connectivity index (χ4v) is 2.36. The first-order valence-corrected chi connectivity index (χ1v) is 7.10. The molecule has 0 amide bonds. The molecule has 2 aromatic carbocycles. The zero-order valence-corrected chi connectivity index (χ0v) is 12.9. The molecule has 0 aliphatic rings. The Morgan fingerprint density at radius 2 is 1.45 bits per heavy atom. The molecule has 0 spiro atoms. The van der Waals surface area contributed by atoms with Gasteiger partial charge in [0.2, 0.25) is 0 Å². The van der Waals surface area contributed by atoms with Gasteiger partial charge in [0.15, 0.2) is 0 Å². The molecule has 0 radical (unpaired) electrons. The molecule has 2 rings (SSSR count). The van der Waals surface area contributed by atoms with Gasteiger partial charge in [0, 0.05) is 25.8 Å². The third-order valence-electron chi connectivity index (χ3n) is 3.72. The summed E-state index contributed by atoms with van der Waals surface area (Å²) in [6, 6.07) is 15.3. The van der Waals surface area contributed by atoms with Crippen LogP contribution in [0.1, 0.15) is 22.3 Å². The van der Waals surface area contributed by atoms with Crippen molar-refractivity contribution in [1.82, 2.24) is 4.90 Å². The van der Waals surface area contributed by atoms with E-state index in [1.54, 1.807) is 0 Å². The van der Waals surface area contributed by atoms with Crippen molar-refractivity contribution in [3.63, 3.8) is 0 Å². The van der Waals surface area contributed by atoms with Crippen LogP contribution in [0.15, 0.2) is 42.5 Å². The molecule has 2 heteroatoms. The van der Waals surface area contributed by atoms with Gasteiger partial charge >= 0.3 is 0 Å². The molecule has 0 atom stereocenters. The van der Waals surface area contributed by atoms with E-state index in [4.69, 9.17) is 0 Å². The molecule has 0 heterocycles. The van der Waals surface area contributed by atoms with E-state index in [1.807, 2.05) is 7.05 Å². The second-order valence-corrected chi connectivity index (χ2v) is 5.54. The summed E-state index contributed by atoms with van der Waals surface area (Å²) in [5.74, 6) is 0. The molecule has 2 aromatic rings. The highest BCUT2D eigenvalue weighted by Crippen LogP contribution is 2.14. The van der Waals surface area contributed by atoms with Crippen LogP contribution >= 0.6 is 0 Å². The van der Waals surface area contributed by atoms with Crippen molar-refractivity contribution in [2.45, 2.75) is 26.9 Å². The molecule has 0 aliphatic heterocycles. The monoisotopic (exact) mass is 268 g/mol. The molecule has 1 N–H and O–H groups in total. The van der Waals surface area contributed by atoms with Gasteiger partial charge in [0.05, 0.1) is 0 Å². The number of rotatable bonds is 5. The Hall–Kier alpha value is -1.80. The molecule has 0 unspecified atom stereocenters. The van der Waals surface area contributed by atoms with Gasteiger partial charge in [0.1, 0.15) is 0 Å². The number of hydrogen-bond acceptors (Lipinski definition) is 2. The van der Waals surface area contributed by atoms with Crippen molar-refractivity contribution >= 4 is 5.69 Å². The Balaban J connectivity index is 1.97. The first kappa shape index (κ1) is 14.6. The largest absolute Gasteiger partial charge is 0.388 e. The number of aryl methyl sites for hydroxylation is 2. The molecular weight excluding hydrogens is 244 g/mol. The third-order valence-corrected chi connectivity index (χ3v) is 3.72. The highest BCUT2D eigenvalue weighted by atomic mass is 15.1. The number of anilines is 1. The van der Waals surface area contributed by atoms with Crippen LogP contribution in [-0.4, -0.2) is 19.0 Å². The molecule has 106 valence electrons. The van der Waals surface area contributed by atoms with Gasteiger partial charge in [0.25, 0.3) is 0 Å². The van der Waals surface area contributed by atoms with E-state index in [1.165, 1.54) is 22.3 Å². The molecule has 0 aliphatic carbocycles. The van der Waals surface area contributed by atoms with Crippen LogP contribution < -0.4 is 5.32 Å². The number of hydrogen-bond donors (Lipinski definition) is 1. The quantitative estimate of drug-likeness (QED) is 0.882. The van der Waals surface area contributed by atoms with Gasteiger partial charge in [-0.3, -0.25) is 4.90 Å². The molecule has 0 fully saturated rings. The first-order valence-electron chi connectivity index (χ1n) is 7.10. The van der Waals surface area contributed by atoms with Gasteiger partial charge in [-0.2, -0.15) is 0 Å². The Morgan fingerprint density at radius 1 is 0.850 bits per heavy atom. The highest BCUT2D eigenvalue weighted by Gasteiger charge is 2.03. The summed E-state index contributed by atoms with van der Waals surface area (Å²) < 4.78 is 0. The summed E-state index contributed by atoms with van der Waals surface area (Å²) in [7, 11) is 4.11. The predicted octanol–water partition coefficient (Wildman–Crippen LogP) is 3.98. The maximum atomic E-state index is 3.15. The molecule has 0 saturated heterocycles. The van der Waals surface area contributed by atoms with Crippen LogP contribution in [0.5, 0.6) is 0 Å². The molecular formula is C18H24N2. The predicted molar refractivity (Wildman–Crippen MR) is 87.1 cm³/mol. The smallest absolute Gasteiger partial charge is 0.0337 e. The van der Waals surface area contributed by atoms with Crippen molar-refractivity contribution in [1.29, 1.82) is 0 Å². The lowest BCUT2D eigenvalue weighted by atomic mass is 10.1. The summed E-state index contributed by atoms with van der Waals surface area (Å²) in [6.45, 7) is 6.28. The van der Waals surface area contributed by atoms with E-state index in [0.29, 0.717) is 0 Å². The van der Waals surface area contributed by atoms with Crippen molar-refractivity contribution < 1.29 is 0 Å². The standard InChI is InChI=1S/C18H24N2/c1-14-5-6-17(11-15(14)2)13-20(4)12-16-7-9-18(19-3)10-8-16/h5-11,19H,12-13H2,1-4H3. The summed E-state index contributed by atoms with van der Waals surface area (Å²) >= 11 is 0. The van der Waals surface area contributed by atoms with Gasteiger partial charge in [-0.1, -0.05) is 30.3 Å². The Kier molecular flexibility index (Phi) is 4.80. The van der Waals surface area contributed by atoms with E-state index in [9.17, 15) is 0 Å². The maximum absolute atomic E-state index is 3.15. The molecule has 2 nitrogen and oxygen atoms in total. The van der Waals surface area contributed by atoms with E-state index in [-0.39, 0.29) is 0 Å².